The molecule has 0 fully saturated rings. The summed E-state index contributed by atoms with van der Waals surface area (Å²) in [6.45, 7) is 7.75. The molecule has 0 saturated carbocycles. The average Bonchev–Trinajstić information content (AvgIpc) is 3.10. The highest BCUT2D eigenvalue weighted by Crippen LogP contribution is 2.25. The fourth-order valence-electron chi connectivity index (χ4n) is 3.18. The Morgan fingerprint density at radius 1 is 1.23 bits per heavy atom. The van der Waals surface area contributed by atoms with E-state index >= 15 is 0 Å². The Morgan fingerprint density at radius 3 is 2.50 bits per heavy atom. The first kappa shape index (κ1) is 20.9. The molecule has 146 valence electrons. The lowest BCUT2D eigenvalue weighted by Gasteiger charge is -2.21. The molecular weight excluding hydrogens is 348 g/mol. The summed E-state index contributed by atoms with van der Waals surface area (Å²) in [4.78, 5) is 5.06. The van der Waals surface area contributed by atoms with Gasteiger partial charge in [0.2, 0.25) is 10.0 Å². The number of benzene rings is 1. The number of rotatable bonds is 10. The normalized spacial score (nSPS) is 18.8. The van der Waals surface area contributed by atoms with Crippen LogP contribution in [0, 0.1) is 11.8 Å². The highest BCUT2D eigenvalue weighted by molar-refractivity contribution is 7.89. The van der Waals surface area contributed by atoms with E-state index in [9.17, 15) is 8.42 Å². The van der Waals surface area contributed by atoms with Crippen LogP contribution >= 0.6 is 0 Å². The van der Waals surface area contributed by atoms with Crippen molar-refractivity contribution in [3.05, 3.63) is 30.3 Å². The van der Waals surface area contributed by atoms with Gasteiger partial charge in [-0.3, -0.25) is 0 Å². The van der Waals surface area contributed by atoms with Crippen molar-refractivity contribution in [3.63, 3.8) is 0 Å². The quantitative estimate of drug-likeness (QED) is 0.577. The van der Waals surface area contributed by atoms with Gasteiger partial charge >= 0.3 is 0 Å². The second-order valence-electron chi connectivity index (χ2n) is 7.33. The number of hydrogen-bond donors (Lipinski definition) is 0. The lowest BCUT2D eigenvalue weighted by molar-refractivity contribution is 0.275. The fraction of sp³-hybridized carbons (Fsp3) is 0.650. The molecule has 0 spiro atoms. The molecule has 2 atom stereocenters. The minimum absolute atomic E-state index is 0.299. The van der Waals surface area contributed by atoms with Crippen molar-refractivity contribution >= 4 is 15.9 Å². The standard InChI is InChI=1S/C20H32N2O3S/c1-5-17-15-25-20(21-17)19(16(2)3)13-9-10-14-22(4)26(23,24)18-11-7-6-8-12-18/h6-8,11-12,16-17,19H,5,9-10,13-15H2,1-4H3/t17-,19+/m1/s1. The third-order valence-electron chi connectivity index (χ3n) is 5.02. The summed E-state index contributed by atoms with van der Waals surface area (Å²) in [6.07, 6.45) is 3.77. The van der Waals surface area contributed by atoms with Crippen molar-refractivity contribution in [1.82, 2.24) is 4.31 Å². The number of sulfonamides is 1. The largest absolute Gasteiger partial charge is 0.478 e. The van der Waals surface area contributed by atoms with Crippen LogP contribution in [0.5, 0.6) is 0 Å². The minimum Gasteiger partial charge on any atom is -0.478 e. The molecule has 6 heteroatoms. The molecule has 0 N–H and O–H groups in total. The highest BCUT2D eigenvalue weighted by atomic mass is 32.2. The number of unbranched alkanes of at least 4 members (excludes halogenated alkanes) is 1. The molecule has 1 aromatic carbocycles. The Labute approximate surface area is 158 Å². The van der Waals surface area contributed by atoms with Crippen LogP contribution in [0.25, 0.3) is 0 Å². The maximum Gasteiger partial charge on any atom is 0.242 e. The van der Waals surface area contributed by atoms with Crippen LogP contribution < -0.4 is 0 Å². The van der Waals surface area contributed by atoms with E-state index in [1.165, 1.54) is 4.31 Å². The van der Waals surface area contributed by atoms with Crippen LogP contribution in [-0.4, -0.2) is 44.9 Å². The third kappa shape index (κ3) is 5.30. The molecule has 1 aliphatic rings. The van der Waals surface area contributed by atoms with Gasteiger partial charge in [-0.25, -0.2) is 17.7 Å². The van der Waals surface area contributed by atoms with Crippen molar-refractivity contribution in [2.45, 2.75) is 57.4 Å². The van der Waals surface area contributed by atoms with E-state index in [4.69, 9.17) is 9.73 Å². The molecular formula is C20H32N2O3S. The van der Waals surface area contributed by atoms with Crippen LogP contribution in [0.15, 0.2) is 40.2 Å². The summed E-state index contributed by atoms with van der Waals surface area (Å²) >= 11 is 0. The van der Waals surface area contributed by atoms with E-state index in [-0.39, 0.29) is 0 Å². The number of hydrogen-bond acceptors (Lipinski definition) is 4. The maximum atomic E-state index is 12.5. The number of nitrogens with zero attached hydrogens (tertiary/aromatic N) is 2. The molecule has 0 saturated heterocycles. The van der Waals surface area contributed by atoms with E-state index in [0.717, 1.165) is 31.6 Å². The van der Waals surface area contributed by atoms with Crippen LogP contribution in [0.3, 0.4) is 0 Å². The topological polar surface area (TPSA) is 59.0 Å². The van der Waals surface area contributed by atoms with E-state index in [0.29, 0.717) is 35.9 Å². The Balaban J connectivity index is 1.85. The first-order valence-electron chi connectivity index (χ1n) is 9.58. The molecule has 0 amide bonds. The molecule has 0 aliphatic carbocycles. The molecule has 0 unspecified atom stereocenters. The highest BCUT2D eigenvalue weighted by Gasteiger charge is 2.27. The minimum atomic E-state index is -3.40. The third-order valence-corrected chi connectivity index (χ3v) is 6.89. The molecule has 2 rings (SSSR count). The van der Waals surface area contributed by atoms with Gasteiger partial charge in [0.15, 0.2) is 5.90 Å². The fourth-order valence-corrected chi connectivity index (χ4v) is 4.41. The Bertz CT molecular complexity index is 686. The molecule has 26 heavy (non-hydrogen) atoms. The first-order chi connectivity index (χ1) is 12.4. The summed E-state index contributed by atoms with van der Waals surface area (Å²) in [6, 6.07) is 8.90. The number of aliphatic imine (C=N–C) groups is 1. The summed E-state index contributed by atoms with van der Waals surface area (Å²) in [7, 11) is -1.75. The maximum absolute atomic E-state index is 12.5. The van der Waals surface area contributed by atoms with E-state index in [2.05, 4.69) is 20.8 Å². The molecule has 0 bridgehead atoms. The lowest BCUT2D eigenvalue weighted by atomic mass is 9.90. The van der Waals surface area contributed by atoms with Crippen molar-refractivity contribution in [2.75, 3.05) is 20.2 Å². The first-order valence-corrected chi connectivity index (χ1v) is 11.0. The number of ether oxygens (including phenoxy) is 1. The second kappa shape index (κ2) is 9.51. The van der Waals surface area contributed by atoms with Crippen molar-refractivity contribution in [2.24, 2.45) is 16.8 Å². The molecule has 0 aromatic heterocycles. The van der Waals surface area contributed by atoms with E-state index in [1.807, 2.05) is 6.07 Å². The smallest absolute Gasteiger partial charge is 0.242 e. The van der Waals surface area contributed by atoms with Crippen molar-refractivity contribution < 1.29 is 13.2 Å². The van der Waals surface area contributed by atoms with Gasteiger partial charge in [-0.1, -0.05) is 45.4 Å². The Morgan fingerprint density at radius 2 is 1.92 bits per heavy atom. The summed E-state index contributed by atoms with van der Waals surface area (Å²) in [5.74, 6) is 1.69. The summed E-state index contributed by atoms with van der Waals surface area (Å²) in [5, 5.41) is 0. The lowest BCUT2D eigenvalue weighted by Crippen LogP contribution is -2.28. The molecule has 1 heterocycles. The van der Waals surface area contributed by atoms with Gasteiger partial charge in [0.05, 0.1) is 10.9 Å². The Hall–Kier alpha value is -1.40. The van der Waals surface area contributed by atoms with Crippen LogP contribution in [0.2, 0.25) is 0 Å². The van der Waals surface area contributed by atoms with Crippen LogP contribution in [0.1, 0.15) is 46.5 Å². The zero-order chi connectivity index (χ0) is 19.2. The average molecular weight is 381 g/mol. The van der Waals surface area contributed by atoms with E-state index < -0.39 is 10.0 Å². The van der Waals surface area contributed by atoms with Crippen molar-refractivity contribution in [3.8, 4) is 0 Å². The van der Waals surface area contributed by atoms with Crippen molar-refractivity contribution in [1.29, 1.82) is 0 Å². The Kier molecular flexibility index (Phi) is 7.65. The van der Waals surface area contributed by atoms with Gasteiger partial charge in [-0.2, -0.15) is 0 Å². The predicted octanol–water partition coefficient (Wildman–Crippen LogP) is 3.96. The molecule has 5 nitrogen and oxygen atoms in total. The molecule has 1 aromatic rings. The van der Waals surface area contributed by atoms with Crippen LogP contribution in [0.4, 0.5) is 0 Å². The van der Waals surface area contributed by atoms with Gasteiger partial charge in [-0.15, -0.1) is 0 Å². The summed E-state index contributed by atoms with van der Waals surface area (Å²) in [5.41, 5.74) is 0. The van der Waals surface area contributed by atoms with Crippen LogP contribution in [-0.2, 0) is 14.8 Å². The van der Waals surface area contributed by atoms with Gasteiger partial charge in [0.1, 0.15) is 6.61 Å². The zero-order valence-electron chi connectivity index (χ0n) is 16.4. The van der Waals surface area contributed by atoms with Gasteiger partial charge in [0.25, 0.3) is 0 Å². The van der Waals surface area contributed by atoms with Gasteiger partial charge in [0, 0.05) is 19.5 Å². The van der Waals surface area contributed by atoms with Gasteiger partial charge < -0.3 is 4.74 Å². The van der Waals surface area contributed by atoms with E-state index in [1.54, 1.807) is 31.3 Å². The summed E-state index contributed by atoms with van der Waals surface area (Å²) < 4.78 is 32.3. The molecule has 0 radical (unpaired) electrons. The SMILES string of the molecule is CC[C@@H]1COC([C@@H](CCCCN(C)S(=O)(=O)c2ccccc2)C(C)C)=N1. The zero-order valence-corrected chi connectivity index (χ0v) is 17.2. The second-order valence-corrected chi connectivity index (χ2v) is 9.37. The predicted molar refractivity (Wildman–Crippen MR) is 106 cm³/mol. The monoisotopic (exact) mass is 380 g/mol. The van der Waals surface area contributed by atoms with Gasteiger partial charge in [-0.05, 0) is 37.3 Å². The molecule has 1 aliphatic heterocycles.